The number of nitrogens with one attached hydrogen (secondary N) is 1. The maximum atomic E-state index is 10.5. The average Bonchev–Trinajstić information content (AvgIpc) is 2.59. The van der Waals surface area contributed by atoms with Crippen LogP contribution in [0, 0.1) is 13.8 Å². The Morgan fingerprint density at radius 1 is 1.00 bits per heavy atom. The second-order valence-electron chi connectivity index (χ2n) is 6.63. The van der Waals surface area contributed by atoms with Crippen molar-refractivity contribution in [3.05, 3.63) is 64.7 Å². The third-order valence-electron chi connectivity index (χ3n) is 4.53. The maximum Gasteiger partial charge on any atom is 0.121 e. The molecule has 0 aliphatic heterocycles. The van der Waals surface area contributed by atoms with Crippen LogP contribution < -0.4 is 5.32 Å². The molecule has 0 amide bonds. The molecule has 0 bridgehead atoms. The van der Waals surface area contributed by atoms with Gasteiger partial charge in [-0.3, -0.25) is 0 Å². The number of unbranched alkanes of at least 4 members (excludes halogenated alkanes) is 1. The van der Waals surface area contributed by atoms with Crippen molar-refractivity contribution in [2.45, 2.75) is 52.2 Å². The van der Waals surface area contributed by atoms with E-state index in [0.717, 1.165) is 42.5 Å². The van der Waals surface area contributed by atoms with Crippen molar-refractivity contribution < 1.29 is 10.2 Å². The molecule has 0 heterocycles. The van der Waals surface area contributed by atoms with Crippen molar-refractivity contribution in [3.63, 3.8) is 0 Å². The first kappa shape index (κ1) is 18.5. The van der Waals surface area contributed by atoms with Crippen molar-refractivity contribution in [2.24, 2.45) is 0 Å². The number of hydrogen-bond acceptors (Lipinski definition) is 3. The van der Waals surface area contributed by atoms with E-state index in [1.807, 2.05) is 39.0 Å². The van der Waals surface area contributed by atoms with Crippen molar-refractivity contribution in [3.8, 4) is 5.75 Å². The zero-order valence-electron chi connectivity index (χ0n) is 14.9. The Balaban J connectivity index is 1.76. The first-order chi connectivity index (χ1) is 11.5. The molecule has 2 aromatic rings. The zero-order valence-corrected chi connectivity index (χ0v) is 14.9. The topological polar surface area (TPSA) is 52.5 Å². The van der Waals surface area contributed by atoms with E-state index in [-0.39, 0.29) is 6.04 Å². The van der Waals surface area contributed by atoms with Crippen molar-refractivity contribution in [1.82, 2.24) is 5.32 Å². The summed E-state index contributed by atoms with van der Waals surface area (Å²) < 4.78 is 0. The molecule has 24 heavy (non-hydrogen) atoms. The Kier molecular flexibility index (Phi) is 6.83. The van der Waals surface area contributed by atoms with Crippen LogP contribution >= 0.6 is 0 Å². The van der Waals surface area contributed by atoms with Gasteiger partial charge in [0.25, 0.3) is 0 Å². The molecule has 0 fully saturated rings. The molecule has 0 aliphatic rings. The molecule has 3 heteroatoms. The molecule has 0 saturated carbocycles. The predicted octanol–water partition coefficient (Wildman–Crippen LogP) is 4.04. The zero-order chi connectivity index (χ0) is 17.5. The quantitative estimate of drug-likeness (QED) is 0.641. The highest BCUT2D eigenvalue weighted by molar-refractivity contribution is 5.43. The van der Waals surface area contributed by atoms with Gasteiger partial charge in [-0.15, -0.1) is 0 Å². The van der Waals surface area contributed by atoms with Gasteiger partial charge in [-0.2, -0.15) is 0 Å². The lowest BCUT2D eigenvalue weighted by molar-refractivity contribution is 0.136. The molecular weight excluding hydrogens is 298 g/mol. The van der Waals surface area contributed by atoms with Crippen LogP contribution in [0.4, 0.5) is 0 Å². The molecular formula is C21H29NO2. The number of hydrogen-bond donors (Lipinski definition) is 3. The van der Waals surface area contributed by atoms with E-state index in [1.165, 1.54) is 5.56 Å². The average molecular weight is 327 g/mol. The molecule has 2 rings (SSSR count). The van der Waals surface area contributed by atoms with E-state index in [9.17, 15) is 10.2 Å². The lowest BCUT2D eigenvalue weighted by atomic mass is 9.98. The highest BCUT2D eigenvalue weighted by Gasteiger charge is 2.17. The summed E-state index contributed by atoms with van der Waals surface area (Å²) >= 11 is 0. The van der Waals surface area contributed by atoms with Crippen molar-refractivity contribution in [2.75, 3.05) is 6.54 Å². The highest BCUT2D eigenvalue weighted by atomic mass is 16.3. The second kappa shape index (κ2) is 8.86. The summed E-state index contributed by atoms with van der Waals surface area (Å²) in [5, 5.41) is 23.8. The molecule has 2 unspecified atom stereocenters. The molecule has 3 nitrogen and oxygen atoms in total. The van der Waals surface area contributed by atoms with E-state index in [1.54, 1.807) is 0 Å². The minimum Gasteiger partial charge on any atom is -0.507 e. The summed E-state index contributed by atoms with van der Waals surface area (Å²) in [5.74, 6) is 0.312. The Bertz CT molecular complexity index is 617. The second-order valence-corrected chi connectivity index (χ2v) is 6.63. The number of aryl methyl sites for hydroxylation is 3. The Morgan fingerprint density at radius 3 is 2.25 bits per heavy atom. The number of aliphatic hydroxyl groups excluding tert-OH is 1. The summed E-state index contributed by atoms with van der Waals surface area (Å²) in [6.07, 6.45) is 2.74. The van der Waals surface area contributed by atoms with Crippen LogP contribution in [0.15, 0.2) is 42.5 Å². The fraction of sp³-hybridized carbons (Fsp3) is 0.429. The standard InChI is InChI=1S/C21H29NO2/c1-15-13-19(14-16(2)20(15)23)21(24)17(3)22-12-8-7-11-18-9-5-4-6-10-18/h4-6,9-10,13-14,17,21-24H,7-8,11-12H2,1-3H3. The minimum absolute atomic E-state index is 0.0231. The Labute approximate surface area is 145 Å². The first-order valence-electron chi connectivity index (χ1n) is 8.74. The van der Waals surface area contributed by atoms with Gasteiger partial charge in [0.1, 0.15) is 5.75 Å². The predicted molar refractivity (Wildman–Crippen MR) is 99.4 cm³/mol. The molecule has 0 saturated heterocycles. The monoisotopic (exact) mass is 327 g/mol. The van der Waals surface area contributed by atoms with Gasteiger partial charge in [0.05, 0.1) is 6.10 Å². The molecule has 0 radical (unpaired) electrons. The van der Waals surface area contributed by atoms with E-state index in [2.05, 4.69) is 29.6 Å². The van der Waals surface area contributed by atoms with Crippen LogP contribution in [0.3, 0.4) is 0 Å². The Hall–Kier alpha value is -1.84. The summed E-state index contributed by atoms with van der Waals surface area (Å²) in [7, 11) is 0. The third kappa shape index (κ3) is 5.08. The van der Waals surface area contributed by atoms with E-state index < -0.39 is 6.10 Å². The number of benzene rings is 2. The summed E-state index contributed by atoms with van der Waals surface area (Å²) in [5.41, 5.74) is 3.84. The molecule has 0 aromatic heterocycles. The van der Waals surface area contributed by atoms with Gasteiger partial charge < -0.3 is 15.5 Å². The molecule has 0 aliphatic carbocycles. The molecule has 2 aromatic carbocycles. The highest BCUT2D eigenvalue weighted by Crippen LogP contribution is 2.27. The van der Waals surface area contributed by atoms with Gasteiger partial charge >= 0.3 is 0 Å². The van der Waals surface area contributed by atoms with Gasteiger partial charge in [0, 0.05) is 6.04 Å². The van der Waals surface area contributed by atoms with Gasteiger partial charge in [-0.1, -0.05) is 30.3 Å². The van der Waals surface area contributed by atoms with E-state index in [0.29, 0.717) is 5.75 Å². The molecule has 3 N–H and O–H groups in total. The molecule has 130 valence electrons. The fourth-order valence-corrected chi connectivity index (χ4v) is 2.99. The molecule has 0 spiro atoms. The minimum atomic E-state index is -0.572. The van der Waals surface area contributed by atoms with Gasteiger partial charge in [-0.25, -0.2) is 0 Å². The van der Waals surface area contributed by atoms with Crippen LogP contribution in [0.25, 0.3) is 0 Å². The normalized spacial score (nSPS) is 13.7. The molecule has 2 atom stereocenters. The van der Waals surface area contributed by atoms with E-state index in [4.69, 9.17) is 0 Å². The SMILES string of the molecule is Cc1cc(C(O)C(C)NCCCCc2ccccc2)cc(C)c1O. The lowest BCUT2D eigenvalue weighted by Crippen LogP contribution is -2.33. The van der Waals surface area contributed by atoms with Gasteiger partial charge in [0.15, 0.2) is 0 Å². The van der Waals surface area contributed by atoms with Gasteiger partial charge in [-0.05, 0) is 81.0 Å². The van der Waals surface area contributed by atoms with Crippen LogP contribution in [0.2, 0.25) is 0 Å². The fourth-order valence-electron chi connectivity index (χ4n) is 2.99. The third-order valence-corrected chi connectivity index (χ3v) is 4.53. The summed E-state index contributed by atoms with van der Waals surface area (Å²) in [6, 6.07) is 14.2. The van der Waals surface area contributed by atoms with Crippen LogP contribution in [0.5, 0.6) is 5.75 Å². The van der Waals surface area contributed by atoms with Crippen LogP contribution in [0.1, 0.15) is 48.1 Å². The largest absolute Gasteiger partial charge is 0.507 e. The number of phenols is 1. The van der Waals surface area contributed by atoms with Gasteiger partial charge in [0.2, 0.25) is 0 Å². The lowest BCUT2D eigenvalue weighted by Gasteiger charge is -2.22. The number of phenolic OH excluding ortho intramolecular Hbond substituents is 1. The smallest absolute Gasteiger partial charge is 0.121 e. The summed E-state index contributed by atoms with van der Waals surface area (Å²) in [4.78, 5) is 0. The first-order valence-corrected chi connectivity index (χ1v) is 8.74. The van der Waals surface area contributed by atoms with Crippen LogP contribution in [-0.4, -0.2) is 22.8 Å². The Morgan fingerprint density at radius 2 is 1.62 bits per heavy atom. The van der Waals surface area contributed by atoms with Crippen LogP contribution in [-0.2, 0) is 6.42 Å². The van der Waals surface area contributed by atoms with E-state index >= 15 is 0 Å². The number of aromatic hydroxyl groups is 1. The summed E-state index contributed by atoms with van der Waals surface area (Å²) in [6.45, 7) is 6.61. The maximum absolute atomic E-state index is 10.5. The number of aliphatic hydroxyl groups is 1. The van der Waals surface area contributed by atoms with Crippen molar-refractivity contribution >= 4 is 0 Å². The number of rotatable bonds is 8. The van der Waals surface area contributed by atoms with Crippen molar-refractivity contribution in [1.29, 1.82) is 0 Å².